The molecule has 0 saturated heterocycles. The van der Waals surface area contributed by atoms with Crippen molar-refractivity contribution in [2.24, 2.45) is 17.6 Å². The average Bonchev–Trinajstić information content (AvgIpc) is 1.96. The second-order valence-corrected chi connectivity index (χ2v) is 7.28. The SMILES string of the molecule is CC(CS(C)(=O)=O)NC(=O)C(C(N)=S)C(C)C. The van der Waals surface area contributed by atoms with Gasteiger partial charge in [-0.3, -0.25) is 4.79 Å². The van der Waals surface area contributed by atoms with Gasteiger partial charge in [-0.15, -0.1) is 0 Å². The molecule has 0 heterocycles. The van der Waals surface area contributed by atoms with Gasteiger partial charge in [-0.2, -0.15) is 0 Å². The highest BCUT2D eigenvalue weighted by Crippen LogP contribution is 2.11. The van der Waals surface area contributed by atoms with E-state index in [9.17, 15) is 13.2 Å². The van der Waals surface area contributed by atoms with E-state index in [1.54, 1.807) is 6.92 Å². The van der Waals surface area contributed by atoms with E-state index < -0.39 is 21.8 Å². The molecule has 0 aromatic carbocycles. The topological polar surface area (TPSA) is 89.3 Å². The summed E-state index contributed by atoms with van der Waals surface area (Å²) in [7, 11) is -3.11. The molecular formula is C10H20N2O3S2. The number of carbonyl (C=O) groups excluding carboxylic acids is 1. The second kappa shape index (κ2) is 6.30. The lowest BCUT2D eigenvalue weighted by Crippen LogP contribution is -2.46. The van der Waals surface area contributed by atoms with Gasteiger partial charge in [0.2, 0.25) is 5.91 Å². The lowest BCUT2D eigenvalue weighted by molar-refractivity contribution is -0.124. The summed E-state index contributed by atoms with van der Waals surface area (Å²) < 4.78 is 22.1. The average molecular weight is 280 g/mol. The zero-order valence-electron chi connectivity index (χ0n) is 10.6. The Morgan fingerprint density at radius 2 is 1.82 bits per heavy atom. The maximum Gasteiger partial charge on any atom is 0.230 e. The highest BCUT2D eigenvalue weighted by molar-refractivity contribution is 7.90. The predicted octanol–water partition coefficient (Wildman–Crippen LogP) is 0.0940. The first-order chi connectivity index (χ1) is 7.54. The van der Waals surface area contributed by atoms with Crippen LogP contribution in [0.2, 0.25) is 0 Å². The molecule has 0 bridgehead atoms. The van der Waals surface area contributed by atoms with E-state index in [-0.39, 0.29) is 22.6 Å². The lowest BCUT2D eigenvalue weighted by atomic mass is 9.95. The first kappa shape index (κ1) is 16.3. The van der Waals surface area contributed by atoms with Crippen LogP contribution in [0.15, 0.2) is 0 Å². The number of hydrogen-bond donors (Lipinski definition) is 2. The molecule has 0 rings (SSSR count). The van der Waals surface area contributed by atoms with Gasteiger partial charge in [0.1, 0.15) is 9.84 Å². The van der Waals surface area contributed by atoms with Gasteiger partial charge in [0.15, 0.2) is 0 Å². The summed E-state index contributed by atoms with van der Waals surface area (Å²) in [5, 5.41) is 2.61. The van der Waals surface area contributed by atoms with Gasteiger partial charge in [-0.1, -0.05) is 26.1 Å². The maximum atomic E-state index is 11.8. The molecule has 0 fully saturated rings. The highest BCUT2D eigenvalue weighted by Gasteiger charge is 2.26. The molecule has 0 aromatic rings. The zero-order chi connectivity index (χ0) is 13.8. The monoisotopic (exact) mass is 280 g/mol. The van der Waals surface area contributed by atoms with E-state index in [1.807, 2.05) is 13.8 Å². The Morgan fingerprint density at radius 3 is 2.12 bits per heavy atom. The Hall–Kier alpha value is -0.690. The predicted molar refractivity (Wildman–Crippen MR) is 72.4 cm³/mol. The van der Waals surface area contributed by atoms with Gasteiger partial charge in [0.05, 0.1) is 16.7 Å². The molecule has 100 valence electrons. The lowest BCUT2D eigenvalue weighted by Gasteiger charge is -2.21. The van der Waals surface area contributed by atoms with Crippen LogP contribution in [0.4, 0.5) is 0 Å². The minimum absolute atomic E-state index is 0.0158. The zero-order valence-corrected chi connectivity index (χ0v) is 12.2. The van der Waals surface area contributed by atoms with Crippen LogP contribution in [-0.4, -0.2) is 37.4 Å². The van der Waals surface area contributed by atoms with Crippen LogP contribution in [0.5, 0.6) is 0 Å². The summed E-state index contributed by atoms with van der Waals surface area (Å²) in [4.78, 5) is 12.0. The third-order valence-electron chi connectivity index (χ3n) is 2.20. The molecule has 1 amide bonds. The Morgan fingerprint density at radius 1 is 1.35 bits per heavy atom. The molecular weight excluding hydrogens is 260 g/mol. The molecule has 2 atom stereocenters. The van der Waals surface area contributed by atoms with E-state index in [2.05, 4.69) is 5.32 Å². The summed E-state index contributed by atoms with van der Waals surface area (Å²) in [6.07, 6.45) is 1.13. The highest BCUT2D eigenvalue weighted by atomic mass is 32.2. The molecule has 17 heavy (non-hydrogen) atoms. The normalized spacial score (nSPS) is 15.4. The van der Waals surface area contributed by atoms with Crippen molar-refractivity contribution in [2.75, 3.05) is 12.0 Å². The van der Waals surface area contributed by atoms with E-state index >= 15 is 0 Å². The number of nitrogens with two attached hydrogens (primary N) is 1. The Balaban J connectivity index is 4.57. The van der Waals surface area contributed by atoms with E-state index in [1.165, 1.54) is 0 Å². The first-order valence-corrected chi connectivity index (χ1v) is 7.79. The molecule has 0 saturated carbocycles. The Bertz CT molecular complexity index is 390. The number of amides is 1. The minimum atomic E-state index is -3.11. The van der Waals surface area contributed by atoms with E-state index in [0.29, 0.717) is 0 Å². The number of carbonyl (C=O) groups is 1. The van der Waals surface area contributed by atoms with Crippen LogP contribution in [0.3, 0.4) is 0 Å². The van der Waals surface area contributed by atoms with Crippen molar-refractivity contribution in [3.8, 4) is 0 Å². The van der Waals surface area contributed by atoms with Crippen LogP contribution in [-0.2, 0) is 14.6 Å². The fraction of sp³-hybridized carbons (Fsp3) is 0.800. The van der Waals surface area contributed by atoms with Crippen molar-refractivity contribution in [1.29, 1.82) is 0 Å². The van der Waals surface area contributed by atoms with Gasteiger partial charge in [-0.25, -0.2) is 8.42 Å². The van der Waals surface area contributed by atoms with Crippen molar-refractivity contribution < 1.29 is 13.2 Å². The number of rotatable bonds is 6. The molecule has 5 nitrogen and oxygen atoms in total. The maximum absolute atomic E-state index is 11.8. The molecule has 0 aliphatic carbocycles. The van der Waals surface area contributed by atoms with Gasteiger partial charge in [0.25, 0.3) is 0 Å². The standard InChI is InChI=1S/C10H20N2O3S2/c1-6(2)8(9(11)16)10(13)12-7(3)5-17(4,14)15/h6-8H,5H2,1-4H3,(H2,11,16)(H,12,13). The van der Waals surface area contributed by atoms with Crippen LogP contribution < -0.4 is 11.1 Å². The van der Waals surface area contributed by atoms with Crippen LogP contribution in [0, 0.1) is 11.8 Å². The molecule has 0 aromatic heterocycles. The summed E-state index contributed by atoms with van der Waals surface area (Å²) in [6, 6.07) is -0.451. The summed E-state index contributed by atoms with van der Waals surface area (Å²) in [5.74, 6) is -0.991. The molecule has 0 spiro atoms. The summed E-state index contributed by atoms with van der Waals surface area (Å²) in [6.45, 7) is 5.31. The molecule has 2 unspecified atom stereocenters. The van der Waals surface area contributed by atoms with Gasteiger partial charge < -0.3 is 11.1 Å². The molecule has 0 radical (unpaired) electrons. The van der Waals surface area contributed by atoms with Crippen molar-refractivity contribution in [2.45, 2.75) is 26.8 Å². The quantitative estimate of drug-likeness (QED) is 0.673. The van der Waals surface area contributed by atoms with Gasteiger partial charge in [0, 0.05) is 12.3 Å². The largest absolute Gasteiger partial charge is 0.393 e. The number of nitrogens with one attached hydrogen (secondary N) is 1. The smallest absolute Gasteiger partial charge is 0.230 e. The third-order valence-corrected chi connectivity index (χ3v) is 3.56. The number of sulfone groups is 1. The molecule has 7 heteroatoms. The fourth-order valence-corrected chi connectivity index (χ4v) is 2.96. The third kappa shape index (κ3) is 6.58. The summed E-state index contributed by atoms with van der Waals surface area (Å²) >= 11 is 4.83. The van der Waals surface area contributed by atoms with Crippen LogP contribution in [0.1, 0.15) is 20.8 Å². The minimum Gasteiger partial charge on any atom is -0.393 e. The van der Waals surface area contributed by atoms with Gasteiger partial charge in [-0.05, 0) is 12.8 Å². The molecule has 0 aliphatic rings. The molecule has 0 aliphatic heterocycles. The Labute approximate surface area is 108 Å². The fourth-order valence-electron chi connectivity index (χ4n) is 1.59. The van der Waals surface area contributed by atoms with Crippen molar-refractivity contribution in [3.63, 3.8) is 0 Å². The van der Waals surface area contributed by atoms with Crippen molar-refractivity contribution in [1.82, 2.24) is 5.32 Å². The van der Waals surface area contributed by atoms with E-state index in [0.717, 1.165) is 6.26 Å². The first-order valence-electron chi connectivity index (χ1n) is 5.32. The van der Waals surface area contributed by atoms with E-state index in [4.69, 9.17) is 18.0 Å². The number of thiocarbonyl (C=S) groups is 1. The molecule has 3 N–H and O–H groups in total. The van der Waals surface area contributed by atoms with Crippen molar-refractivity contribution in [3.05, 3.63) is 0 Å². The van der Waals surface area contributed by atoms with Gasteiger partial charge >= 0.3 is 0 Å². The van der Waals surface area contributed by atoms with Crippen LogP contribution in [0.25, 0.3) is 0 Å². The summed E-state index contributed by atoms with van der Waals surface area (Å²) in [5.41, 5.74) is 5.49. The number of hydrogen-bond acceptors (Lipinski definition) is 4. The van der Waals surface area contributed by atoms with Crippen molar-refractivity contribution >= 4 is 33.0 Å². The Kier molecular flexibility index (Phi) is 6.04. The van der Waals surface area contributed by atoms with Crippen LogP contribution >= 0.6 is 12.2 Å². The second-order valence-electron chi connectivity index (χ2n) is 4.63.